The van der Waals surface area contributed by atoms with Crippen LogP contribution in [0, 0.1) is 5.92 Å². The van der Waals surface area contributed by atoms with Crippen LogP contribution in [-0.2, 0) is 6.54 Å². The molecule has 0 aliphatic carbocycles. The molecule has 1 saturated heterocycles. The number of hydrogen-bond donors (Lipinski definition) is 1. The normalized spacial score (nSPS) is 15.9. The number of nitrogens with zero attached hydrogens (tertiary/aromatic N) is 4. The topological polar surface area (TPSA) is 83.9 Å². The lowest BCUT2D eigenvalue weighted by Crippen LogP contribution is -2.39. The van der Waals surface area contributed by atoms with Crippen LogP contribution in [0.1, 0.15) is 38.3 Å². The van der Waals surface area contributed by atoms with Gasteiger partial charge >= 0.3 is 0 Å². The summed E-state index contributed by atoms with van der Waals surface area (Å²) < 4.78 is 1.69. The van der Waals surface area contributed by atoms with E-state index in [0.29, 0.717) is 18.3 Å². The number of anilines is 1. The molecular weight excluding hydrogens is 306 g/mol. The fourth-order valence-corrected chi connectivity index (χ4v) is 3.07. The first-order chi connectivity index (χ1) is 11.5. The van der Waals surface area contributed by atoms with E-state index in [4.69, 9.17) is 0 Å². The average Bonchev–Trinajstić information content (AvgIpc) is 2.58. The van der Waals surface area contributed by atoms with Crippen LogP contribution in [0.2, 0.25) is 0 Å². The van der Waals surface area contributed by atoms with Gasteiger partial charge in [0.25, 0.3) is 11.1 Å². The van der Waals surface area contributed by atoms with Crippen molar-refractivity contribution in [2.24, 2.45) is 5.92 Å². The van der Waals surface area contributed by atoms with Crippen molar-refractivity contribution in [3.05, 3.63) is 51.2 Å². The second kappa shape index (κ2) is 6.98. The molecule has 3 rings (SSSR count). The summed E-state index contributed by atoms with van der Waals surface area (Å²) in [6, 6.07) is 1.63. The molecule has 0 spiro atoms. The highest BCUT2D eigenvalue weighted by Gasteiger charge is 2.22. The van der Waals surface area contributed by atoms with E-state index in [1.165, 1.54) is 0 Å². The second-order valence-corrected chi connectivity index (χ2v) is 6.63. The molecule has 3 heterocycles. The van der Waals surface area contributed by atoms with Crippen molar-refractivity contribution in [3.63, 3.8) is 0 Å². The van der Waals surface area contributed by atoms with E-state index in [2.05, 4.69) is 15.0 Å². The van der Waals surface area contributed by atoms with E-state index in [-0.39, 0.29) is 17.0 Å². The Bertz CT molecular complexity index is 803. The lowest BCUT2D eigenvalue weighted by molar-refractivity contribution is 0.349. The zero-order chi connectivity index (χ0) is 17.1. The van der Waals surface area contributed by atoms with E-state index in [0.717, 1.165) is 31.6 Å². The molecule has 1 aliphatic heterocycles. The summed E-state index contributed by atoms with van der Waals surface area (Å²) in [5, 5.41) is 0. The van der Waals surface area contributed by atoms with Gasteiger partial charge in [-0.1, -0.05) is 13.8 Å². The van der Waals surface area contributed by atoms with Gasteiger partial charge in [-0.2, -0.15) is 0 Å². The van der Waals surface area contributed by atoms with Crippen LogP contribution in [0.15, 0.2) is 34.4 Å². The molecule has 24 heavy (non-hydrogen) atoms. The summed E-state index contributed by atoms with van der Waals surface area (Å²) in [6.45, 7) is 6.28. The van der Waals surface area contributed by atoms with Crippen LogP contribution in [-0.4, -0.2) is 32.6 Å². The zero-order valence-corrected chi connectivity index (χ0v) is 14.1. The Morgan fingerprint density at radius 1 is 1.25 bits per heavy atom. The van der Waals surface area contributed by atoms with Gasteiger partial charge in [-0.15, -0.1) is 0 Å². The average molecular weight is 329 g/mol. The van der Waals surface area contributed by atoms with E-state index >= 15 is 0 Å². The van der Waals surface area contributed by atoms with Crippen molar-refractivity contribution in [1.82, 2.24) is 19.5 Å². The van der Waals surface area contributed by atoms with Gasteiger partial charge in [-0.05, 0) is 24.7 Å². The van der Waals surface area contributed by atoms with Crippen molar-refractivity contribution in [2.45, 2.75) is 39.2 Å². The van der Waals surface area contributed by atoms with Crippen molar-refractivity contribution < 1.29 is 0 Å². The Morgan fingerprint density at radius 3 is 2.62 bits per heavy atom. The minimum absolute atomic E-state index is 0.0114. The van der Waals surface area contributed by atoms with Gasteiger partial charge in [0.15, 0.2) is 5.82 Å². The molecule has 128 valence electrons. The number of rotatable bonds is 4. The monoisotopic (exact) mass is 329 g/mol. The highest BCUT2D eigenvalue weighted by atomic mass is 16.1. The molecule has 7 heteroatoms. The lowest BCUT2D eigenvalue weighted by Gasteiger charge is -2.32. The maximum absolute atomic E-state index is 12.2. The maximum Gasteiger partial charge on any atom is 0.290 e. The molecular formula is C17H23N5O2. The molecule has 1 aliphatic rings. The van der Waals surface area contributed by atoms with Crippen LogP contribution in [0.25, 0.3) is 0 Å². The van der Waals surface area contributed by atoms with Gasteiger partial charge in [0.2, 0.25) is 0 Å². The van der Waals surface area contributed by atoms with Crippen molar-refractivity contribution in [3.8, 4) is 0 Å². The third-order valence-corrected chi connectivity index (χ3v) is 4.55. The molecule has 0 bridgehead atoms. The van der Waals surface area contributed by atoms with Gasteiger partial charge in [-0.25, -0.2) is 9.97 Å². The summed E-state index contributed by atoms with van der Waals surface area (Å²) in [4.78, 5) is 37.2. The standard InChI is InChI=1S/C17H23N5O2/c1-12(2)14-9-15(23)22(11-20-14)10-13-3-7-21(8-4-13)16-17(24)19-6-5-18-16/h5-6,9,11-13H,3-4,7-8,10H2,1-2H3,(H,19,24). The Morgan fingerprint density at radius 2 is 2.00 bits per heavy atom. The highest BCUT2D eigenvalue weighted by Crippen LogP contribution is 2.20. The number of aromatic amines is 1. The van der Waals surface area contributed by atoms with Crippen molar-refractivity contribution in [2.75, 3.05) is 18.0 Å². The van der Waals surface area contributed by atoms with Gasteiger partial charge in [-0.3, -0.25) is 14.2 Å². The number of aromatic nitrogens is 4. The summed E-state index contributed by atoms with van der Waals surface area (Å²) in [6.07, 6.45) is 6.65. The SMILES string of the molecule is CC(C)c1cc(=O)n(CC2CCN(c3ncc[nH]c3=O)CC2)cn1. The fourth-order valence-electron chi connectivity index (χ4n) is 3.07. The molecule has 2 aromatic heterocycles. The molecule has 1 fully saturated rings. The summed E-state index contributed by atoms with van der Waals surface area (Å²) in [5.41, 5.74) is 0.693. The van der Waals surface area contributed by atoms with E-state index < -0.39 is 0 Å². The van der Waals surface area contributed by atoms with Crippen LogP contribution < -0.4 is 16.0 Å². The predicted molar refractivity (Wildman–Crippen MR) is 92.4 cm³/mol. The lowest BCUT2D eigenvalue weighted by atomic mass is 9.96. The maximum atomic E-state index is 12.2. The predicted octanol–water partition coefficient (Wildman–Crippen LogP) is 1.37. The molecule has 0 atom stereocenters. The van der Waals surface area contributed by atoms with Crippen molar-refractivity contribution >= 4 is 5.82 Å². The van der Waals surface area contributed by atoms with Gasteiger partial charge in [0.05, 0.1) is 12.0 Å². The van der Waals surface area contributed by atoms with Crippen LogP contribution in [0.3, 0.4) is 0 Å². The molecule has 7 nitrogen and oxygen atoms in total. The quantitative estimate of drug-likeness (QED) is 0.916. The van der Waals surface area contributed by atoms with Crippen molar-refractivity contribution in [1.29, 1.82) is 0 Å². The number of piperidine rings is 1. The minimum Gasteiger partial charge on any atom is -0.352 e. The number of nitrogens with one attached hydrogen (secondary N) is 1. The molecule has 0 saturated carbocycles. The summed E-state index contributed by atoms with van der Waals surface area (Å²) >= 11 is 0. The van der Waals surface area contributed by atoms with Gasteiger partial charge in [0, 0.05) is 38.1 Å². The minimum atomic E-state index is -0.152. The first-order valence-electron chi connectivity index (χ1n) is 8.39. The Hall–Kier alpha value is -2.44. The zero-order valence-electron chi connectivity index (χ0n) is 14.1. The molecule has 0 amide bonds. The van der Waals surface area contributed by atoms with Crippen LogP contribution in [0.5, 0.6) is 0 Å². The Labute approximate surface area is 140 Å². The molecule has 0 aromatic carbocycles. The summed E-state index contributed by atoms with van der Waals surface area (Å²) in [7, 11) is 0. The Balaban J connectivity index is 1.63. The first-order valence-corrected chi connectivity index (χ1v) is 8.39. The van der Waals surface area contributed by atoms with Gasteiger partial charge < -0.3 is 9.88 Å². The smallest absolute Gasteiger partial charge is 0.290 e. The highest BCUT2D eigenvalue weighted by molar-refractivity contribution is 5.35. The molecule has 2 aromatic rings. The summed E-state index contributed by atoms with van der Waals surface area (Å²) in [5.74, 6) is 1.15. The molecule has 1 N–H and O–H groups in total. The van der Waals surface area contributed by atoms with Crippen LogP contribution >= 0.6 is 0 Å². The third kappa shape index (κ3) is 3.55. The molecule has 0 unspecified atom stereocenters. The number of hydrogen-bond acceptors (Lipinski definition) is 5. The van der Waals surface area contributed by atoms with E-state index in [1.807, 2.05) is 18.7 Å². The van der Waals surface area contributed by atoms with E-state index in [1.54, 1.807) is 29.4 Å². The second-order valence-electron chi connectivity index (χ2n) is 6.63. The van der Waals surface area contributed by atoms with Gasteiger partial charge in [0.1, 0.15) is 0 Å². The molecule has 0 radical (unpaired) electrons. The van der Waals surface area contributed by atoms with Crippen LogP contribution in [0.4, 0.5) is 5.82 Å². The fraction of sp³-hybridized carbons (Fsp3) is 0.529. The largest absolute Gasteiger partial charge is 0.352 e. The van der Waals surface area contributed by atoms with E-state index in [9.17, 15) is 9.59 Å². The Kier molecular flexibility index (Phi) is 4.78. The first kappa shape index (κ1) is 16.4. The number of H-pyrrole nitrogens is 1. The third-order valence-electron chi connectivity index (χ3n) is 4.55.